The van der Waals surface area contributed by atoms with Gasteiger partial charge in [0.15, 0.2) is 11.3 Å². The molecule has 0 aliphatic heterocycles. The molecule has 0 spiro atoms. The van der Waals surface area contributed by atoms with E-state index in [0.29, 0.717) is 35.1 Å². The highest BCUT2D eigenvalue weighted by Crippen LogP contribution is 2.30. The molecule has 190 valence electrons. The fourth-order valence-electron chi connectivity index (χ4n) is 4.50. The Labute approximate surface area is 209 Å². The molecule has 1 aliphatic rings. The van der Waals surface area contributed by atoms with Crippen molar-refractivity contribution in [2.24, 2.45) is 5.92 Å². The van der Waals surface area contributed by atoms with Crippen LogP contribution in [0.2, 0.25) is 0 Å². The summed E-state index contributed by atoms with van der Waals surface area (Å²) in [5.74, 6) is 0.959. The van der Waals surface area contributed by atoms with E-state index >= 15 is 0 Å². The molecule has 3 aromatic heterocycles. The van der Waals surface area contributed by atoms with Gasteiger partial charge in [-0.25, -0.2) is 14.8 Å². The fourth-order valence-corrected chi connectivity index (χ4v) is 4.50. The maximum absolute atomic E-state index is 13.0. The van der Waals surface area contributed by atoms with Crippen molar-refractivity contribution in [1.29, 1.82) is 5.26 Å². The molecule has 4 N–H and O–H groups in total. The minimum atomic E-state index is -0.656. The molecule has 1 saturated carbocycles. The number of hydrogen-bond donors (Lipinski definition) is 3. The summed E-state index contributed by atoms with van der Waals surface area (Å²) < 4.78 is 7.00. The van der Waals surface area contributed by atoms with E-state index in [1.165, 1.54) is 10.7 Å². The standard InChI is InChI=1S/C25H32N8O3/c1-25(2,3)36-24(35)18-8-9-21(30-22(18)32(4)14-15-6-5-7-17(34)10-15)29-19-11-20(27)31-33-16(12-26)13-28-23(19)33/h8-9,11,13,15,17,34H,5-7,10,14H2,1-4H3,(H2,27,31)(H,29,30)/t15?,17-/m0/s1. The number of aliphatic hydroxyl groups is 1. The van der Waals surface area contributed by atoms with Crippen molar-refractivity contribution in [3.05, 3.63) is 35.7 Å². The van der Waals surface area contributed by atoms with E-state index in [0.717, 1.165) is 25.7 Å². The maximum Gasteiger partial charge on any atom is 0.342 e. The number of esters is 1. The van der Waals surface area contributed by atoms with Gasteiger partial charge >= 0.3 is 5.97 Å². The van der Waals surface area contributed by atoms with E-state index in [-0.39, 0.29) is 23.5 Å². The minimum Gasteiger partial charge on any atom is -0.456 e. The van der Waals surface area contributed by atoms with Crippen molar-refractivity contribution in [3.8, 4) is 6.07 Å². The van der Waals surface area contributed by atoms with E-state index in [4.69, 9.17) is 15.5 Å². The van der Waals surface area contributed by atoms with Gasteiger partial charge < -0.3 is 25.8 Å². The van der Waals surface area contributed by atoms with Crippen LogP contribution in [0.15, 0.2) is 24.4 Å². The number of aliphatic hydroxyl groups excluding tert-OH is 1. The van der Waals surface area contributed by atoms with Crippen molar-refractivity contribution in [2.75, 3.05) is 29.5 Å². The number of nitrogens with zero attached hydrogens (tertiary/aromatic N) is 6. The Hall–Kier alpha value is -3.91. The molecule has 0 saturated heterocycles. The van der Waals surface area contributed by atoms with Gasteiger partial charge in [-0.15, -0.1) is 5.10 Å². The number of hydrogen-bond acceptors (Lipinski definition) is 10. The Morgan fingerprint density at radius 1 is 1.39 bits per heavy atom. The zero-order valence-corrected chi connectivity index (χ0v) is 21.0. The Morgan fingerprint density at radius 2 is 2.17 bits per heavy atom. The first kappa shape index (κ1) is 25.2. The Kier molecular flexibility index (Phi) is 6.99. The van der Waals surface area contributed by atoms with Crippen LogP contribution in [0.1, 0.15) is 62.5 Å². The summed E-state index contributed by atoms with van der Waals surface area (Å²) in [6, 6.07) is 7.01. The predicted octanol–water partition coefficient (Wildman–Crippen LogP) is 3.26. The second kappa shape index (κ2) is 9.99. The molecule has 11 nitrogen and oxygen atoms in total. The zero-order valence-electron chi connectivity index (χ0n) is 21.0. The van der Waals surface area contributed by atoms with Crippen LogP contribution in [-0.2, 0) is 4.74 Å². The van der Waals surface area contributed by atoms with E-state index in [1.807, 2.05) is 38.8 Å². The van der Waals surface area contributed by atoms with E-state index < -0.39 is 11.6 Å². The number of rotatable bonds is 6. The van der Waals surface area contributed by atoms with Crippen molar-refractivity contribution >= 4 is 34.8 Å². The molecule has 4 rings (SSSR count). The number of nitrogen functional groups attached to an aromatic ring is 1. The molecule has 11 heteroatoms. The summed E-state index contributed by atoms with van der Waals surface area (Å²) in [7, 11) is 1.89. The van der Waals surface area contributed by atoms with Gasteiger partial charge in [0.05, 0.1) is 18.0 Å². The van der Waals surface area contributed by atoms with Crippen molar-refractivity contribution < 1.29 is 14.6 Å². The third kappa shape index (κ3) is 5.66. The fraction of sp³-hybridized carbons (Fsp3) is 0.480. The van der Waals surface area contributed by atoms with Gasteiger partial charge in [0, 0.05) is 19.7 Å². The minimum absolute atomic E-state index is 0.207. The molecule has 0 aromatic carbocycles. The summed E-state index contributed by atoms with van der Waals surface area (Å²) in [4.78, 5) is 24.0. The molecule has 1 unspecified atom stereocenters. The number of imidazole rings is 1. The van der Waals surface area contributed by atoms with Gasteiger partial charge in [-0.3, -0.25) is 0 Å². The largest absolute Gasteiger partial charge is 0.456 e. The molecule has 0 amide bonds. The van der Waals surface area contributed by atoms with Crippen LogP contribution in [0.4, 0.5) is 23.1 Å². The Balaban J connectivity index is 1.68. The van der Waals surface area contributed by atoms with E-state index in [9.17, 15) is 15.2 Å². The topological polar surface area (TPSA) is 155 Å². The molecular weight excluding hydrogens is 460 g/mol. The van der Waals surface area contributed by atoms with E-state index in [1.54, 1.807) is 18.2 Å². The van der Waals surface area contributed by atoms with Crippen LogP contribution in [0.25, 0.3) is 5.65 Å². The Bertz CT molecular complexity index is 1310. The summed E-state index contributed by atoms with van der Waals surface area (Å²) in [5, 5.41) is 26.8. The molecular formula is C25H32N8O3. The SMILES string of the molecule is CN(CC1CCC[C@H](O)C1)c1nc(Nc2cc(N)nn3c(C#N)cnc23)ccc1C(=O)OC(C)(C)C. The number of nitriles is 1. The number of carbonyl (C=O) groups is 1. The number of nitrogens with two attached hydrogens (primary N) is 1. The number of fused-ring (bicyclic) bond motifs is 1. The zero-order chi connectivity index (χ0) is 26.0. The Morgan fingerprint density at radius 3 is 2.86 bits per heavy atom. The maximum atomic E-state index is 13.0. The van der Waals surface area contributed by atoms with Gasteiger partial charge in [-0.1, -0.05) is 6.42 Å². The summed E-state index contributed by atoms with van der Waals surface area (Å²) in [6.07, 6.45) is 4.66. The molecule has 1 aliphatic carbocycles. The molecule has 0 bridgehead atoms. The highest BCUT2D eigenvalue weighted by atomic mass is 16.6. The van der Waals surface area contributed by atoms with Crippen molar-refractivity contribution in [2.45, 2.75) is 58.2 Å². The van der Waals surface area contributed by atoms with Gasteiger partial charge in [-0.05, 0) is 58.1 Å². The summed E-state index contributed by atoms with van der Waals surface area (Å²) >= 11 is 0. The first-order chi connectivity index (χ1) is 17.0. The predicted molar refractivity (Wildman–Crippen MR) is 136 cm³/mol. The summed E-state index contributed by atoms with van der Waals surface area (Å²) in [6.45, 7) is 6.10. The monoisotopic (exact) mass is 492 g/mol. The number of nitrogens with one attached hydrogen (secondary N) is 1. The first-order valence-corrected chi connectivity index (χ1v) is 12.0. The van der Waals surface area contributed by atoms with Crippen LogP contribution >= 0.6 is 0 Å². The van der Waals surface area contributed by atoms with Gasteiger partial charge in [0.2, 0.25) is 0 Å². The van der Waals surface area contributed by atoms with Crippen LogP contribution in [0.3, 0.4) is 0 Å². The van der Waals surface area contributed by atoms with Gasteiger partial charge in [0.1, 0.15) is 34.7 Å². The van der Waals surface area contributed by atoms with E-state index in [2.05, 4.69) is 15.4 Å². The quantitative estimate of drug-likeness (QED) is 0.437. The number of ether oxygens (including phenoxy) is 1. The number of pyridine rings is 1. The molecule has 36 heavy (non-hydrogen) atoms. The highest BCUT2D eigenvalue weighted by Gasteiger charge is 2.26. The van der Waals surface area contributed by atoms with Crippen LogP contribution in [-0.4, -0.2) is 56.0 Å². The number of anilines is 4. The lowest BCUT2D eigenvalue weighted by Crippen LogP contribution is -2.33. The average molecular weight is 493 g/mol. The number of carbonyl (C=O) groups excluding carboxylic acids is 1. The molecule has 3 aromatic rings. The van der Waals surface area contributed by atoms with Crippen LogP contribution in [0, 0.1) is 17.2 Å². The smallest absolute Gasteiger partial charge is 0.342 e. The normalized spacial score (nSPS) is 18.0. The lowest BCUT2D eigenvalue weighted by atomic mass is 9.87. The first-order valence-electron chi connectivity index (χ1n) is 12.0. The van der Waals surface area contributed by atoms with Crippen LogP contribution in [0.5, 0.6) is 0 Å². The van der Waals surface area contributed by atoms with Gasteiger partial charge in [-0.2, -0.15) is 9.78 Å². The third-order valence-electron chi connectivity index (χ3n) is 6.01. The molecule has 0 radical (unpaired) electrons. The number of aromatic nitrogens is 4. The van der Waals surface area contributed by atoms with Crippen LogP contribution < -0.4 is 16.0 Å². The highest BCUT2D eigenvalue weighted by molar-refractivity contribution is 5.95. The van der Waals surface area contributed by atoms with Crippen molar-refractivity contribution in [1.82, 2.24) is 19.6 Å². The molecule has 2 atom stereocenters. The second-order valence-corrected chi connectivity index (χ2v) is 10.2. The van der Waals surface area contributed by atoms with Gasteiger partial charge in [0.25, 0.3) is 0 Å². The lowest BCUT2D eigenvalue weighted by Gasteiger charge is -2.31. The third-order valence-corrected chi connectivity index (χ3v) is 6.01. The molecule has 1 fully saturated rings. The molecule has 3 heterocycles. The average Bonchev–Trinajstić information content (AvgIpc) is 3.21. The lowest BCUT2D eigenvalue weighted by molar-refractivity contribution is 0.00697. The second-order valence-electron chi connectivity index (χ2n) is 10.2. The van der Waals surface area contributed by atoms with Crippen molar-refractivity contribution in [3.63, 3.8) is 0 Å². The summed E-state index contributed by atoms with van der Waals surface area (Å²) in [5.41, 5.74) is 6.84.